The van der Waals surface area contributed by atoms with Crippen LogP contribution in [0, 0.1) is 0 Å². The van der Waals surface area contributed by atoms with E-state index in [2.05, 4.69) is 62.5 Å². The van der Waals surface area contributed by atoms with Gasteiger partial charge in [-0.05, 0) is 0 Å². The number of hydrogen-bond donors (Lipinski definition) is 15. The molecule has 0 atom stereocenters. The SMILES string of the molecule is NC1=NCNC2=NCN=C(NCO)NC(NCO)=[N+](CO)CNC(=[N+](CO)C[NH+]=C(NCO)N1)N2. The first kappa shape index (κ1) is 27.3. The summed E-state index contributed by atoms with van der Waals surface area (Å²) in [5, 5.41) is 70.2. The van der Waals surface area contributed by atoms with Crippen molar-refractivity contribution in [3.05, 3.63) is 0 Å². The van der Waals surface area contributed by atoms with Crippen molar-refractivity contribution in [1.82, 2.24) is 42.5 Å². The van der Waals surface area contributed by atoms with Crippen molar-refractivity contribution < 1.29 is 39.7 Å². The number of nitrogens with one attached hydrogen (secondary N) is 9. The number of guanidine groups is 6. The summed E-state index contributed by atoms with van der Waals surface area (Å²) in [6, 6.07) is 0. The molecule has 0 amide bonds. The van der Waals surface area contributed by atoms with Crippen LogP contribution < -0.4 is 53.3 Å². The number of aliphatic imine (C=N–C) groups is 3. The van der Waals surface area contributed by atoms with Crippen molar-refractivity contribution in [2.24, 2.45) is 20.7 Å². The van der Waals surface area contributed by atoms with Crippen LogP contribution in [-0.2, 0) is 0 Å². The van der Waals surface area contributed by atoms with E-state index in [0.29, 0.717) is 0 Å². The Morgan fingerprint density at radius 3 is 2.29 bits per heavy atom. The minimum Gasteiger partial charge on any atom is -0.376 e. The standard InChI is InChI=1S/C15H31N15O5/c16-10-17-1-18-11-19-2-20-12(23-5-31)28-15(25-7-33)30(9-35)4-22-14(27-11)29(8-34)3-21-13(26-10)24-6-32/h31-35H,1-9H2,(H8,16,17,18,19,20,21,22,23,24,25,26,27,28)/p+3. The molecular weight excluding hydrogens is 470 g/mol. The summed E-state index contributed by atoms with van der Waals surface area (Å²) in [5.41, 5.74) is 5.85. The monoisotopic (exact) mass is 504 g/mol. The van der Waals surface area contributed by atoms with Gasteiger partial charge >= 0.3 is 17.9 Å². The Morgan fingerprint density at radius 1 is 0.857 bits per heavy atom. The van der Waals surface area contributed by atoms with Crippen molar-refractivity contribution in [1.29, 1.82) is 0 Å². The molecule has 2 aliphatic rings. The molecule has 0 aromatic heterocycles. The van der Waals surface area contributed by atoms with Crippen molar-refractivity contribution >= 4 is 35.8 Å². The van der Waals surface area contributed by atoms with E-state index in [0.717, 1.165) is 0 Å². The Balaban J connectivity index is 2.55. The molecule has 0 aromatic rings. The first-order valence-electron chi connectivity index (χ1n) is 10.3. The molecule has 2 rings (SSSR count). The quantitative estimate of drug-likeness (QED) is 0.122. The summed E-state index contributed by atoms with van der Waals surface area (Å²) in [4.78, 5) is 15.6. The van der Waals surface area contributed by atoms with Gasteiger partial charge in [-0.2, -0.15) is 0 Å². The summed E-state index contributed by atoms with van der Waals surface area (Å²) in [6.07, 6.45) is 0. The molecule has 16 N–H and O–H groups in total. The second-order valence-corrected chi connectivity index (χ2v) is 6.52. The third-order valence-electron chi connectivity index (χ3n) is 4.29. The number of nitrogens with zero attached hydrogens (tertiary/aromatic N) is 5. The first-order chi connectivity index (χ1) is 17.0. The lowest BCUT2D eigenvalue weighted by Crippen LogP contribution is -2.83. The number of nitrogens with two attached hydrogens (primary N) is 1. The number of fused-ring (bicyclic) bond motifs is 2. The van der Waals surface area contributed by atoms with Gasteiger partial charge in [0.25, 0.3) is 17.9 Å². The first-order valence-corrected chi connectivity index (χ1v) is 10.3. The van der Waals surface area contributed by atoms with Gasteiger partial charge in [-0.1, -0.05) is 0 Å². The number of hydrogen-bond acceptors (Lipinski definition) is 17. The highest BCUT2D eigenvalue weighted by atomic mass is 16.3. The van der Waals surface area contributed by atoms with Gasteiger partial charge in [0.1, 0.15) is 20.1 Å². The van der Waals surface area contributed by atoms with E-state index in [1.807, 2.05) is 0 Å². The van der Waals surface area contributed by atoms with Crippen molar-refractivity contribution in [2.45, 2.75) is 0 Å². The molecule has 2 aliphatic heterocycles. The minimum atomic E-state index is -0.491. The average molecular weight is 505 g/mol. The lowest BCUT2D eigenvalue weighted by Gasteiger charge is -2.17. The fraction of sp³-hybridized carbons (Fsp3) is 0.600. The molecule has 0 fully saturated rings. The molecule has 2 heterocycles. The molecular formula is C15H34N15O5+3. The average Bonchev–Trinajstić information content (AvgIpc) is 2.82. The minimum absolute atomic E-state index is 0.00566. The third-order valence-corrected chi connectivity index (χ3v) is 4.29. The predicted molar refractivity (Wildman–Crippen MR) is 123 cm³/mol. The van der Waals surface area contributed by atoms with Gasteiger partial charge in [-0.25, -0.2) is 50.4 Å². The molecule has 0 aliphatic carbocycles. The van der Waals surface area contributed by atoms with E-state index in [-0.39, 0.29) is 62.4 Å². The molecule has 0 saturated heterocycles. The van der Waals surface area contributed by atoms with Gasteiger partial charge in [-0.15, -0.1) is 0 Å². The Kier molecular flexibility index (Phi) is 11.7. The van der Waals surface area contributed by atoms with Gasteiger partial charge in [0.15, 0.2) is 40.3 Å². The lowest BCUT2D eigenvalue weighted by molar-refractivity contribution is -0.725. The van der Waals surface area contributed by atoms with Crippen LogP contribution in [0.1, 0.15) is 0 Å². The van der Waals surface area contributed by atoms with E-state index >= 15 is 0 Å². The fourth-order valence-corrected chi connectivity index (χ4v) is 2.64. The Labute approximate surface area is 199 Å². The van der Waals surface area contributed by atoms with Crippen LogP contribution in [0.15, 0.2) is 15.0 Å². The van der Waals surface area contributed by atoms with Crippen LogP contribution >= 0.6 is 0 Å². The summed E-state index contributed by atoms with van der Waals surface area (Å²) < 4.78 is 2.80. The van der Waals surface area contributed by atoms with Gasteiger partial charge in [0.05, 0.1) is 0 Å². The van der Waals surface area contributed by atoms with E-state index in [9.17, 15) is 25.5 Å². The maximum atomic E-state index is 10.0. The molecule has 0 unspecified atom stereocenters. The highest BCUT2D eigenvalue weighted by Gasteiger charge is 2.22. The second-order valence-electron chi connectivity index (χ2n) is 6.52. The molecule has 20 heteroatoms. The molecule has 2 bridgehead atoms. The van der Waals surface area contributed by atoms with E-state index < -0.39 is 33.7 Å². The predicted octanol–water partition coefficient (Wildman–Crippen LogP) is -10.5. The lowest BCUT2D eigenvalue weighted by atomic mass is 10.6. The summed E-state index contributed by atoms with van der Waals surface area (Å²) in [5.74, 6) is 0.995. The van der Waals surface area contributed by atoms with E-state index in [4.69, 9.17) is 5.73 Å². The second kappa shape index (κ2) is 15.0. The zero-order valence-electron chi connectivity index (χ0n) is 18.9. The Hall–Kier alpha value is -3.98. The number of aliphatic hydroxyl groups is 5. The topological polar surface area (TPSA) is 280 Å². The van der Waals surface area contributed by atoms with Crippen LogP contribution in [0.5, 0.6) is 0 Å². The maximum Gasteiger partial charge on any atom is 0.360 e. The van der Waals surface area contributed by atoms with Crippen LogP contribution in [0.4, 0.5) is 0 Å². The van der Waals surface area contributed by atoms with Crippen LogP contribution in [0.3, 0.4) is 0 Å². The summed E-state index contributed by atoms with van der Waals surface area (Å²) in [6.45, 7) is -2.42. The summed E-state index contributed by atoms with van der Waals surface area (Å²) >= 11 is 0. The van der Waals surface area contributed by atoms with E-state index in [1.54, 1.807) is 0 Å². The normalized spacial score (nSPS) is 18.0. The third kappa shape index (κ3) is 9.05. The molecule has 0 radical (unpaired) electrons. The highest BCUT2D eigenvalue weighted by molar-refractivity contribution is 5.98. The molecule has 0 aromatic carbocycles. The van der Waals surface area contributed by atoms with Crippen LogP contribution in [-0.4, -0.2) is 131 Å². The Morgan fingerprint density at radius 2 is 1.60 bits per heavy atom. The molecule has 196 valence electrons. The zero-order chi connectivity index (χ0) is 25.5. The molecule has 20 nitrogen and oxygen atoms in total. The fourth-order valence-electron chi connectivity index (χ4n) is 2.64. The maximum absolute atomic E-state index is 10.0. The summed E-state index contributed by atoms with van der Waals surface area (Å²) in [7, 11) is 0. The zero-order valence-corrected chi connectivity index (χ0v) is 18.9. The van der Waals surface area contributed by atoms with Crippen LogP contribution in [0.2, 0.25) is 0 Å². The smallest absolute Gasteiger partial charge is 0.360 e. The van der Waals surface area contributed by atoms with Gasteiger partial charge < -0.3 is 41.9 Å². The molecule has 0 spiro atoms. The van der Waals surface area contributed by atoms with Crippen LogP contribution in [0.25, 0.3) is 0 Å². The molecule has 35 heavy (non-hydrogen) atoms. The number of rotatable bonds is 5. The number of aliphatic hydroxyl groups excluding tert-OH is 5. The van der Waals surface area contributed by atoms with Crippen molar-refractivity contribution in [3.63, 3.8) is 0 Å². The molecule has 0 saturated carbocycles. The van der Waals surface area contributed by atoms with E-state index in [1.165, 1.54) is 9.15 Å². The highest BCUT2D eigenvalue weighted by Crippen LogP contribution is 1.84. The van der Waals surface area contributed by atoms with Crippen molar-refractivity contribution in [3.8, 4) is 0 Å². The van der Waals surface area contributed by atoms with Gasteiger partial charge in [-0.3, -0.25) is 10.6 Å². The van der Waals surface area contributed by atoms with Gasteiger partial charge in [0.2, 0.25) is 0 Å². The largest absolute Gasteiger partial charge is 0.376 e. The van der Waals surface area contributed by atoms with Crippen molar-refractivity contribution in [2.75, 3.05) is 60.3 Å². The Bertz CT molecular complexity index is 884. The van der Waals surface area contributed by atoms with Gasteiger partial charge in [0, 0.05) is 0 Å².